The van der Waals surface area contributed by atoms with Gasteiger partial charge in [0.05, 0.1) is 32.1 Å². The molecule has 1 aromatic heterocycles. The van der Waals surface area contributed by atoms with Gasteiger partial charge in [-0.15, -0.1) is 10.2 Å². The van der Waals surface area contributed by atoms with E-state index in [0.29, 0.717) is 17.5 Å². The molecule has 1 aliphatic heterocycles. The van der Waals surface area contributed by atoms with Crippen LogP contribution in [0.3, 0.4) is 0 Å². The van der Waals surface area contributed by atoms with Crippen molar-refractivity contribution in [1.29, 1.82) is 0 Å². The molecular weight excluding hydrogens is 324 g/mol. The highest BCUT2D eigenvalue weighted by Gasteiger charge is 2.09. The molecule has 0 radical (unpaired) electrons. The van der Waals surface area contributed by atoms with Crippen LogP contribution in [0, 0.1) is 11.8 Å². The molecule has 0 saturated carbocycles. The Morgan fingerprint density at radius 1 is 1.45 bits per heavy atom. The van der Waals surface area contributed by atoms with Crippen molar-refractivity contribution < 1.29 is 14.3 Å². The summed E-state index contributed by atoms with van der Waals surface area (Å²) in [6.45, 7) is 6.31. The van der Waals surface area contributed by atoms with E-state index in [1.165, 1.54) is 23.1 Å². The summed E-state index contributed by atoms with van der Waals surface area (Å²) in [5.41, 5.74) is 0. The standard InChI is InChI=1S/C13H18N4O3S2/c1-2-20-12(18)14-11-15-16-13(22-11)21-10-4-3-5-17-6-8-19-9-7-17/h2,5-10H2,1H3,(H,14,15,18). The third-order valence-corrected chi connectivity index (χ3v) is 4.54. The van der Waals surface area contributed by atoms with Gasteiger partial charge in [-0.1, -0.05) is 34.9 Å². The monoisotopic (exact) mass is 342 g/mol. The number of anilines is 1. The predicted molar refractivity (Wildman–Crippen MR) is 86.3 cm³/mol. The lowest BCUT2D eigenvalue weighted by Crippen LogP contribution is -2.36. The molecule has 1 N–H and O–H groups in total. The number of hydrogen-bond donors (Lipinski definition) is 1. The maximum Gasteiger partial charge on any atom is 0.413 e. The molecule has 120 valence electrons. The number of morpholine rings is 1. The lowest BCUT2D eigenvalue weighted by molar-refractivity contribution is 0.0443. The molecule has 1 aromatic rings. The first-order valence-electron chi connectivity index (χ1n) is 6.94. The zero-order valence-corrected chi connectivity index (χ0v) is 14.0. The van der Waals surface area contributed by atoms with Crippen molar-refractivity contribution in [1.82, 2.24) is 15.1 Å². The molecule has 9 heteroatoms. The van der Waals surface area contributed by atoms with Crippen molar-refractivity contribution in [3.05, 3.63) is 0 Å². The average molecular weight is 342 g/mol. The van der Waals surface area contributed by atoms with Gasteiger partial charge in [-0.2, -0.15) is 0 Å². The molecule has 1 aliphatic rings. The van der Waals surface area contributed by atoms with E-state index in [0.717, 1.165) is 37.2 Å². The highest BCUT2D eigenvalue weighted by Crippen LogP contribution is 2.24. The number of carbonyl (C=O) groups excluding carboxylic acids is 1. The summed E-state index contributed by atoms with van der Waals surface area (Å²) in [7, 11) is 0. The van der Waals surface area contributed by atoms with Gasteiger partial charge < -0.3 is 9.47 Å². The van der Waals surface area contributed by atoms with Crippen molar-refractivity contribution in [2.24, 2.45) is 0 Å². The number of nitrogens with zero attached hydrogens (tertiary/aromatic N) is 3. The average Bonchev–Trinajstić information content (AvgIpc) is 2.95. The van der Waals surface area contributed by atoms with E-state index in [1.54, 1.807) is 6.92 Å². The largest absolute Gasteiger partial charge is 0.450 e. The summed E-state index contributed by atoms with van der Waals surface area (Å²) in [5, 5.41) is 10.8. The Balaban J connectivity index is 1.66. The minimum Gasteiger partial charge on any atom is -0.450 e. The Kier molecular flexibility index (Phi) is 7.45. The van der Waals surface area contributed by atoms with E-state index in [-0.39, 0.29) is 0 Å². The molecule has 1 saturated heterocycles. The van der Waals surface area contributed by atoms with Crippen LogP contribution < -0.4 is 5.32 Å². The van der Waals surface area contributed by atoms with Gasteiger partial charge in [-0.25, -0.2) is 4.79 Å². The van der Waals surface area contributed by atoms with Crippen LogP contribution in [0.1, 0.15) is 6.92 Å². The molecule has 0 atom stereocenters. The maximum atomic E-state index is 11.2. The maximum absolute atomic E-state index is 11.2. The molecule has 7 nitrogen and oxygen atoms in total. The van der Waals surface area contributed by atoms with Crippen LogP contribution in [0.5, 0.6) is 0 Å². The van der Waals surface area contributed by atoms with E-state index in [2.05, 4.69) is 32.3 Å². The summed E-state index contributed by atoms with van der Waals surface area (Å²) in [5.74, 6) is 6.91. The Bertz CT molecular complexity index is 535. The van der Waals surface area contributed by atoms with E-state index in [1.807, 2.05) is 0 Å². The van der Waals surface area contributed by atoms with E-state index in [4.69, 9.17) is 9.47 Å². The topological polar surface area (TPSA) is 76.6 Å². The van der Waals surface area contributed by atoms with Gasteiger partial charge in [-0.3, -0.25) is 10.2 Å². The summed E-state index contributed by atoms with van der Waals surface area (Å²) >= 11 is 2.81. The molecular formula is C13H18N4O3S2. The predicted octanol–water partition coefficient (Wildman–Crippen LogP) is 1.53. The number of nitrogens with one attached hydrogen (secondary N) is 1. The summed E-state index contributed by atoms with van der Waals surface area (Å²) < 4.78 is 10.8. The minimum atomic E-state index is -0.513. The molecule has 1 amide bonds. The molecule has 2 heterocycles. The second kappa shape index (κ2) is 9.63. The second-order valence-electron chi connectivity index (χ2n) is 4.25. The molecule has 0 aromatic carbocycles. The third kappa shape index (κ3) is 6.19. The highest BCUT2D eigenvalue weighted by atomic mass is 32.2. The van der Waals surface area contributed by atoms with Gasteiger partial charge in [0, 0.05) is 13.1 Å². The fraction of sp³-hybridized carbons (Fsp3) is 0.615. The smallest absolute Gasteiger partial charge is 0.413 e. The number of ether oxygens (including phenoxy) is 2. The highest BCUT2D eigenvalue weighted by molar-refractivity contribution is 8.01. The zero-order valence-electron chi connectivity index (χ0n) is 12.3. The van der Waals surface area contributed by atoms with Crippen LogP contribution in [0.4, 0.5) is 9.93 Å². The van der Waals surface area contributed by atoms with Crippen LogP contribution in [0.2, 0.25) is 0 Å². The van der Waals surface area contributed by atoms with Gasteiger partial charge >= 0.3 is 6.09 Å². The first-order valence-corrected chi connectivity index (χ1v) is 8.74. The molecule has 0 unspecified atom stereocenters. The van der Waals surface area contributed by atoms with Gasteiger partial charge in [0.1, 0.15) is 0 Å². The van der Waals surface area contributed by atoms with Crippen molar-refractivity contribution in [2.75, 3.05) is 50.5 Å². The van der Waals surface area contributed by atoms with Gasteiger partial charge in [0.15, 0.2) is 4.34 Å². The molecule has 2 rings (SSSR count). The SMILES string of the molecule is CCOC(=O)Nc1nnc(SCC#CCN2CCOCC2)s1. The normalized spacial score (nSPS) is 15.0. The number of rotatable bonds is 5. The van der Waals surface area contributed by atoms with Crippen molar-refractivity contribution in [3.8, 4) is 11.8 Å². The fourth-order valence-electron chi connectivity index (χ4n) is 1.65. The first-order chi connectivity index (χ1) is 10.8. The van der Waals surface area contributed by atoms with E-state index >= 15 is 0 Å². The Hall–Kier alpha value is -1.34. The summed E-state index contributed by atoms with van der Waals surface area (Å²) in [6, 6.07) is 0. The molecule has 22 heavy (non-hydrogen) atoms. The lowest BCUT2D eigenvalue weighted by atomic mass is 10.4. The van der Waals surface area contributed by atoms with E-state index < -0.39 is 6.09 Å². The van der Waals surface area contributed by atoms with Gasteiger partial charge in [0.2, 0.25) is 5.13 Å². The van der Waals surface area contributed by atoms with Crippen LogP contribution in [0.15, 0.2) is 4.34 Å². The quantitative estimate of drug-likeness (QED) is 0.494. The molecule has 0 spiro atoms. The number of hydrogen-bond acceptors (Lipinski definition) is 8. The molecule has 0 aliphatic carbocycles. The fourth-order valence-corrected chi connectivity index (χ4v) is 3.16. The van der Waals surface area contributed by atoms with Crippen LogP contribution in [-0.2, 0) is 9.47 Å². The van der Waals surface area contributed by atoms with Crippen LogP contribution in [0.25, 0.3) is 0 Å². The van der Waals surface area contributed by atoms with Crippen molar-refractivity contribution in [2.45, 2.75) is 11.3 Å². The third-order valence-electron chi connectivity index (χ3n) is 2.69. The number of thioether (sulfide) groups is 1. The number of carbonyl (C=O) groups is 1. The zero-order chi connectivity index (χ0) is 15.6. The number of aromatic nitrogens is 2. The first kappa shape index (κ1) is 17.0. The van der Waals surface area contributed by atoms with Crippen molar-refractivity contribution in [3.63, 3.8) is 0 Å². The van der Waals surface area contributed by atoms with Crippen LogP contribution in [-0.4, -0.2) is 66.4 Å². The summed E-state index contributed by atoms with van der Waals surface area (Å²) in [4.78, 5) is 13.5. The van der Waals surface area contributed by atoms with Gasteiger partial charge in [-0.05, 0) is 6.92 Å². The summed E-state index contributed by atoms with van der Waals surface area (Å²) in [6.07, 6.45) is -0.513. The number of amides is 1. The van der Waals surface area contributed by atoms with Crippen molar-refractivity contribution >= 4 is 34.3 Å². The Morgan fingerprint density at radius 2 is 2.27 bits per heavy atom. The second-order valence-corrected chi connectivity index (χ2v) is 6.45. The van der Waals surface area contributed by atoms with E-state index in [9.17, 15) is 4.79 Å². The van der Waals surface area contributed by atoms with Crippen LogP contribution >= 0.6 is 23.1 Å². The molecule has 0 bridgehead atoms. The minimum absolute atomic E-state index is 0.324. The van der Waals surface area contributed by atoms with Gasteiger partial charge in [0.25, 0.3) is 0 Å². The Morgan fingerprint density at radius 3 is 3.05 bits per heavy atom. The lowest BCUT2D eigenvalue weighted by Gasteiger charge is -2.24. The molecule has 1 fully saturated rings. The Labute approximate surface area is 137 Å².